The average Bonchev–Trinajstić information content (AvgIpc) is 2.35. The van der Waals surface area contributed by atoms with Gasteiger partial charge in [-0.3, -0.25) is 9.59 Å². The van der Waals surface area contributed by atoms with Crippen LogP contribution in [0.25, 0.3) is 0 Å². The van der Waals surface area contributed by atoms with E-state index < -0.39 is 0 Å². The number of benzene rings is 1. The van der Waals surface area contributed by atoms with Crippen LogP contribution in [0.1, 0.15) is 29.6 Å². The molecule has 0 saturated heterocycles. The molecule has 1 aromatic carbocycles. The van der Waals surface area contributed by atoms with Crippen LogP contribution < -0.4 is 0 Å². The van der Waals surface area contributed by atoms with Crippen LogP contribution in [0.5, 0.6) is 0 Å². The Balaban J connectivity index is 2.68. The number of rotatable bonds is 5. The van der Waals surface area contributed by atoms with E-state index in [1.807, 2.05) is 0 Å². The summed E-state index contributed by atoms with van der Waals surface area (Å²) in [5, 5.41) is 0.608. The van der Waals surface area contributed by atoms with Crippen molar-refractivity contribution >= 4 is 46.6 Å². The first-order valence-electron chi connectivity index (χ1n) is 5.21. The fourth-order valence-corrected chi connectivity index (χ4v) is 2.01. The van der Waals surface area contributed by atoms with E-state index in [1.54, 1.807) is 0 Å². The van der Waals surface area contributed by atoms with Crippen molar-refractivity contribution < 1.29 is 14.3 Å². The molecule has 0 aromatic heterocycles. The largest absolute Gasteiger partial charge is 0.469 e. The van der Waals surface area contributed by atoms with E-state index in [2.05, 4.69) is 4.74 Å². The average molecular weight is 310 g/mol. The Morgan fingerprint density at radius 2 is 1.78 bits per heavy atom. The fraction of sp³-hybridized carbons (Fsp3) is 0.333. The highest BCUT2D eigenvalue weighted by Crippen LogP contribution is 2.33. The van der Waals surface area contributed by atoms with Crippen molar-refractivity contribution in [2.75, 3.05) is 7.11 Å². The van der Waals surface area contributed by atoms with Crippen LogP contribution in [0, 0.1) is 0 Å². The zero-order valence-electron chi connectivity index (χ0n) is 9.63. The number of halogens is 3. The molecule has 0 heterocycles. The molecular formula is C12H11Cl3O3. The Hall–Kier alpha value is -0.770. The molecule has 0 fully saturated rings. The zero-order valence-corrected chi connectivity index (χ0v) is 11.9. The van der Waals surface area contributed by atoms with Gasteiger partial charge < -0.3 is 4.74 Å². The summed E-state index contributed by atoms with van der Waals surface area (Å²) in [6, 6.07) is 3.04. The summed E-state index contributed by atoms with van der Waals surface area (Å²) in [6.45, 7) is 0. The minimum Gasteiger partial charge on any atom is -0.469 e. The van der Waals surface area contributed by atoms with Gasteiger partial charge in [-0.05, 0) is 18.6 Å². The predicted octanol–water partition coefficient (Wildman–Crippen LogP) is 4.17. The number of esters is 1. The second-order valence-corrected chi connectivity index (χ2v) is 4.74. The van der Waals surface area contributed by atoms with Crippen molar-refractivity contribution in [2.24, 2.45) is 0 Å². The SMILES string of the molecule is COC(=O)CCCC(=O)c1ccc(Cl)c(Cl)c1Cl. The topological polar surface area (TPSA) is 43.4 Å². The maximum atomic E-state index is 11.9. The first-order valence-corrected chi connectivity index (χ1v) is 6.34. The molecule has 0 N–H and O–H groups in total. The second-order valence-electron chi connectivity index (χ2n) is 3.58. The zero-order chi connectivity index (χ0) is 13.7. The summed E-state index contributed by atoms with van der Waals surface area (Å²) in [5.41, 5.74) is 0.316. The van der Waals surface area contributed by atoms with Gasteiger partial charge in [0.05, 0.1) is 22.2 Å². The van der Waals surface area contributed by atoms with Gasteiger partial charge in [0.2, 0.25) is 0 Å². The summed E-state index contributed by atoms with van der Waals surface area (Å²) in [6.07, 6.45) is 0.802. The van der Waals surface area contributed by atoms with Crippen LogP contribution in [-0.4, -0.2) is 18.9 Å². The van der Waals surface area contributed by atoms with Crippen LogP contribution in [0.3, 0.4) is 0 Å². The lowest BCUT2D eigenvalue weighted by atomic mass is 10.1. The van der Waals surface area contributed by atoms with E-state index in [0.29, 0.717) is 17.0 Å². The normalized spacial score (nSPS) is 10.2. The lowest BCUT2D eigenvalue weighted by molar-refractivity contribution is -0.140. The summed E-state index contributed by atoms with van der Waals surface area (Å²) < 4.78 is 4.48. The Labute approximate surface area is 120 Å². The number of methoxy groups -OCH3 is 1. The third-order valence-corrected chi connectivity index (χ3v) is 3.64. The molecule has 0 atom stereocenters. The lowest BCUT2D eigenvalue weighted by Crippen LogP contribution is -2.04. The number of carbonyl (C=O) groups is 2. The van der Waals surface area contributed by atoms with Gasteiger partial charge in [0.1, 0.15) is 0 Å². The molecule has 0 saturated carbocycles. The molecule has 0 bridgehead atoms. The molecule has 98 valence electrons. The van der Waals surface area contributed by atoms with E-state index in [4.69, 9.17) is 34.8 Å². The van der Waals surface area contributed by atoms with Crippen molar-refractivity contribution in [3.05, 3.63) is 32.8 Å². The lowest BCUT2D eigenvalue weighted by Gasteiger charge is -2.06. The van der Waals surface area contributed by atoms with E-state index in [9.17, 15) is 9.59 Å². The second kappa shape index (κ2) is 6.98. The highest BCUT2D eigenvalue weighted by molar-refractivity contribution is 6.49. The third-order valence-electron chi connectivity index (χ3n) is 2.35. The number of ether oxygens (including phenoxy) is 1. The molecule has 0 unspecified atom stereocenters. The van der Waals surface area contributed by atoms with E-state index in [1.165, 1.54) is 19.2 Å². The molecule has 0 amide bonds. The van der Waals surface area contributed by atoms with Gasteiger partial charge in [0.15, 0.2) is 5.78 Å². The Morgan fingerprint density at radius 1 is 1.11 bits per heavy atom. The van der Waals surface area contributed by atoms with Gasteiger partial charge in [-0.2, -0.15) is 0 Å². The number of hydrogen-bond acceptors (Lipinski definition) is 3. The highest BCUT2D eigenvalue weighted by atomic mass is 35.5. The third kappa shape index (κ3) is 3.87. The smallest absolute Gasteiger partial charge is 0.305 e. The van der Waals surface area contributed by atoms with Gasteiger partial charge in [-0.1, -0.05) is 34.8 Å². The van der Waals surface area contributed by atoms with Crippen molar-refractivity contribution in [3.8, 4) is 0 Å². The Bertz CT molecular complexity index is 472. The first-order chi connectivity index (χ1) is 8.47. The monoisotopic (exact) mass is 308 g/mol. The number of ketones is 1. The fourth-order valence-electron chi connectivity index (χ4n) is 1.37. The maximum absolute atomic E-state index is 11.9. The minimum atomic E-state index is -0.344. The Kier molecular flexibility index (Phi) is 5.93. The van der Waals surface area contributed by atoms with E-state index >= 15 is 0 Å². The number of hydrogen-bond donors (Lipinski definition) is 0. The highest BCUT2D eigenvalue weighted by Gasteiger charge is 2.15. The molecule has 1 rings (SSSR count). The molecule has 0 radical (unpaired) electrons. The Morgan fingerprint density at radius 3 is 2.39 bits per heavy atom. The van der Waals surface area contributed by atoms with Gasteiger partial charge in [-0.25, -0.2) is 0 Å². The molecule has 1 aromatic rings. The van der Waals surface area contributed by atoms with Crippen molar-refractivity contribution in [3.63, 3.8) is 0 Å². The minimum absolute atomic E-state index is 0.146. The number of Topliss-reactive ketones (excluding diaryl/α,β-unsaturated/α-hetero) is 1. The summed E-state index contributed by atoms with van der Waals surface area (Å²) in [7, 11) is 1.31. The van der Waals surface area contributed by atoms with Crippen molar-refractivity contribution in [2.45, 2.75) is 19.3 Å². The maximum Gasteiger partial charge on any atom is 0.305 e. The van der Waals surface area contributed by atoms with Gasteiger partial charge in [-0.15, -0.1) is 0 Å². The standard InChI is InChI=1S/C12H11Cl3O3/c1-18-10(17)4-2-3-9(16)7-5-6-8(13)12(15)11(7)14/h5-6H,2-4H2,1H3. The van der Waals surface area contributed by atoms with E-state index in [-0.39, 0.29) is 34.6 Å². The van der Waals surface area contributed by atoms with Crippen LogP contribution >= 0.6 is 34.8 Å². The molecule has 6 heteroatoms. The molecule has 0 spiro atoms. The van der Waals surface area contributed by atoms with Gasteiger partial charge >= 0.3 is 5.97 Å². The summed E-state index contributed by atoms with van der Waals surface area (Å²) in [5.74, 6) is -0.523. The van der Waals surface area contributed by atoms with Gasteiger partial charge in [0.25, 0.3) is 0 Å². The van der Waals surface area contributed by atoms with Crippen LogP contribution in [0.2, 0.25) is 15.1 Å². The van der Waals surface area contributed by atoms with E-state index in [0.717, 1.165) is 0 Å². The quantitative estimate of drug-likeness (QED) is 0.466. The van der Waals surface area contributed by atoms with Crippen molar-refractivity contribution in [1.82, 2.24) is 0 Å². The molecular weight excluding hydrogens is 298 g/mol. The predicted molar refractivity (Wildman–Crippen MR) is 71.7 cm³/mol. The molecule has 3 nitrogen and oxygen atoms in total. The molecule has 0 aliphatic carbocycles. The van der Waals surface area contributed by atoms with Crippen molar-refractivity contribution in [1.29, 1.82) is 0 Å². The summed E-state index contributed by atoms with van der Waals surface area (Å²) >= 11 is 17.5. The molecule has 0 aliphatic heterocycles. The first kappa shape index (κ1) is 15.3. The molecule has 0 aliphatic rings. The summed E-state index contributed by atoms with van der Waals surface area (Å²) in [4.78, 5) is 22.8. The van der Waals surface area contributed by atoms with Crippen LogP contribution in [0.4, 0.5) is 0 Å². The molecule has 18 heavy (non-hydrogen) atoms. The van der Waals surface area contributed by atoms with Crippen LogP contribution in [0.15, 0.2) is 12.1 Å². The van der Waals surface area contributed by atoms with Gasteiger partial charge in [0, 0.05) is 18.4 Å². The van der Waals surface area contributed by atoms with Crippen LogP contribution in [-0.2, 0) is 9.53 Å². The number of carbonyl (C=O) groups excluding carboxylic acids is 2.